The molecular weight excluding hydrogens is 603 g/mol. The fourth-order valence-electron chi connectivity index (χ4n) is 2.53. The molecule has 1 aromatic rings. The average Bonchev–Trinajstić information content (AvgIpc) is 2.58. The molecule has 0 fully saturated rings. The molecule has 1 unspecified atom stereocenters. The molecule has 0 amide bonds. The predicted molar refractivity (Wildman–Crippen MR) is 80.0 cm³/mol. The molecule has 0 saturated carbocycles. The first-order chi connectivity index (χ1) is 15.6. The first-order valence-electron chi connectivity index (χ1n) is 8.07. The number of benzene rings is 1. The van der Waals surface area contributed by atoms with E-state index in [2.05, 4.69) is 4.74 Å². The van der Waals surface area contributed by atoms with Crippen molar-refractivity contribution in [3.05, 3.63) is 35.4 Å². The van der Waals surface area contributed by atoms with Crippen LogP contribution in [0.25, 0.3) is 0 Å². The summed E-state index contributed by atoms with van der Waals surface area (Å²) < 4.78 is 247. The Morgan fingerprint density at radius 1 is 0.703 bits per heavy atom. The molecule has 0 aliphatic rings. The smallest absolute Gasteiger partial charge is 0.744 e. The van der Waals surface area contributed by atoms with Crippen LogP contribution in [0.1, 0.15) is 0 Å². The third kappa shape index (κ3) is 7.79. The number of allylic oxidation sites excluding steroid dienone is 1. The molecule has 1 aromatic carbocycles. The van der Waals surface area contributed by atoms with Crippen LogP contribution >= 0.6 is 0 Å². The summed E-state index contributed by atoms with van der Waals surface area (Å²) in [5.41, 5.74) is -18.1. The summed E-state index contributed by atoms with van der Waals surface area (Å²) in [6.45, 7) is 0. The molecule has 208 valence electrons. The van der Waals surface area contributed by atoms with Crippen molar-refractivity contribution in [2.24, 2.45) is 0 Å². The van der Waals surface area contributed by atoms with Crippen molar-refractivity contribution < 1.29 is 118 Å². The zero-order valence-electron chi connectivity index (χ0n) is 17.0. The van der Waals surface area contributed by atoms with Crippen LogP contribution in [-0.2, 0) is 10.1 Å². The van der Waals surface area contributed by atoms with E-state index in [0.29, 0.717) is 0 Å². The number of hydrogen-bond acceptors (Lipinski definition) is 4. The van der Waals surface area contributed by atoms with Gasteiger partial charge in [-0.05, 0) is 24.3 Å². The number of ether oxygens (including phenoxy) is 1. The zero-order valence-corrected chi connectivity index (χ0v) is 19.8. The van der Waals surface area contributed by atoms with Crippen LogP contribution in [-0.4, -0.2) is 55.6 Å². The maximum atomic E-state index is 14.5. The Morgan fingerprint density at radius 2 is 1.05 bits per heavy atom. The summed E-state index contributed by atoms with van der Waals surface area (Å²) in [5, 5.41) is 0. The SMILES string of the molecule is O=S(=O)([O-])c1ccc(OC(C(=C(C(F)(F)F)C(F)(F)F)C(F)(C(F)(F)F)C(F)(F)F)C(F)(F)F)cc1.[Na+]. The van der Waals surface area contributed by atoms with Crippen molar-refractivity contribution in [1.82, 2.24) is 0 Å². The second-order valence-electron chi connectivity index (χ2n) is 6.40. The zero-order chi connectivity index (χ0) is 28.9. The summed E-state index contributed by atoms with van der Waals surface area (Å²) >= 11 is 0. The molecular formula is C15H5F16NaO4S. The Kier molecular flexibility index (Phi) is 10.2. The monoisotopic (exact) mass is 608 g/mol. The van der Waals surface area contributed by atoms with E-state index in [9.17, 15) is 83.2 Å². The fraction of sp³-hybridized carbons (Fsp3) is 0.467. The van der Waals surface area contributed by atoms with Crippen LogP contribution < -0.4 is 34.3 Å². The number of halogens is 16. The van der Waals surface area contributed by atoms with Gasteiger partial charge in [-0.3, -0.25) is 0 Å². The van der Waals surface area contributed by atoms with E-state index in [-0.39, 0.29) is 53.8 Å². The van der Waals surface area contributed by atoms with Crippen LogP contribution in [0.4, 0.5) is 70.2 Å². The third-order valence-corrected chi connectivity index (χ3v) is 4.76. The first-order valence-corrected chi connectivity index (χ1v) is 9.47. The molecule has 0 heterocycles. The molecule has 0 N–H and O–H groups in total. The van der Waals surface area contributed by atoms with E-state index >= 15 is 0 Å². The largest absolute Gasteiger partial charge is 1.00 e. The van der Waals surface area contributed by atoms with Gasteiger partial charge in [0.05, 0.1) is 10.5 Å². The van der Waals surface area contributed by atoms with Gasteiger partial charge in [0.25, 0.3) is 0 Å². The second kappa shape index (κ2) is 10.6. The van der Waals surface area contributed by atoms with Gasteiger partial charge in [-0.15, -0.1) is 0 Å². The van der Waals surface area contributed by atoms with E-state index in [4.69, 9.17) is 0 Å². The maximum Gasteiger partial charge on any atom is 1.00 e. The minimum absolute atomic E-state index is 0. The molecule has 1 rings (SSSR count). The average molecular weight is 608 g/mol. The number of hydrogen-bond donors (Lipinski definition) is 0. The van der Waals surface area contributed by atoms with Gasteiger partial charge in [0.15, 0.2) is 0 Å². The van der Waals surface area contributed by atoms with Gasteiger partial charge in [-0.1, -0.05) is 0 Å². The van der Waals surface area contributed by atoms with E-state index in [1.165, 1.54) is 0 Å². The molecule has 37 heavy (non-hydrogen) atoms. The Morgan fingerprint density at radius 3 is 1.30 bits per heavy atom. The fourth-order valence-corrected chi connectivity index (χ4v) is 3.00. The summed E-state index contributed by atoms with van der Waals surface area (Å²) in [6.07, 6.45) is -43.3. The summed E-state index contributed by atoms with van der Waals surface area (Å²) in [6, 6.07) is -0.329. The van der Waals surface area contributed by atoms with Crippen LogP contribution in [0, 0.1) is 0 Å². The molecule has 0 saturated heterocycles. The van der Waals surface area contributed by atoms with Crippen LogP contribution in [0.5, 0.6) is 5.75 Å². The van der Waals surface area contributed by atoms with Gasteiger partial charge < -0.3 is 9.29 Å². The standard InChI is InChI=1S/C15H6F16O4S.Na/c16-10(14(26,27)28,15(29,30)31)7(8(11(17,18)19)12(20,21)22)9(13(23,24)25)35-5-1-3-6(4-2-5)36(32,33)34;/h1-4,9H,(H,32,33,34);/q;+1/p-1. The molecule has 1 atom stereocenters. The summed E-state index contributed by atoms with van der Waals surface area (Å²) in [5.74, 6) is -1.81. The molecule has 22 heteroatoms. The normalized spacial score (nSPS) is 15.1. The van der Waals surface area contributed by atoms with Crippen molar-refractivity contribution in [3.8, 4) is 5.75 Å². The topological polar surface area (TPSA) is 66.4 Å². The van der Waals surface area contributed by atoms with Crippen molar-refractivity contribution in [2.75, 3.05) is 0 Å². The Bertz CT molecular complexity index is 1050. The quantitative estimate of drug-likeness (QED) is 0.223. The number of rotatable bonds is 5. The Balaban J connectivity index is 0.0000130. The van der Waals surface area contributed by atoms with Gasteiger partial charge >= 0.3 is 66.1 Å². The molecule has 4 nitrogen and oxygen atoms in total. The van der Waals surface area contributed by atoms with E-state index < -0.39 is 74.6 Å². The van der Waals surface area contributed by atoms with Gasteiger partial charge in [-0.2, -0.15) is 65.9 Å². The van der Waals surface area contributed by atoms with E-state index in [1.807, 2.05) is 0 Å². The van der Waals surface area contributed by atoms with Crippen molar-refractivity contribution in [3.63, 3.8) is 0 Å². The summed E-state index contributed by atoms with van der Waals surface area (Å²) in [4.78, 5) is -1.33. The van der Waals surface area contributed by atoms with Gasteiger partial charge in [0, 0.05) is 0 Å². The maximum absolute atomic E-state index is 14.5. The molecule has 0 radical (unpaired) electrons. The number of alkyl halides is 16. The molecule has 0 bridgehead atoms. The van der Waals surface area contributed by atoms with Crippen LogP contribution in [0.3, 0.4) is 0 Å². The molecule has 0 aliphatic heterocycles. The minimum atomic E-state index is -7.93. The van der Waals surface area contributed by atoms with Crippen molar-refractivity contribution in [2.45, 2.75) is 47.5 Å². The van der Waals surface area contributed by atoms with Gasteiger partial charge in [0.2, 0.25) is 6.10 Å². The molecule has 0 aromatic heterocycles. The van der Waals surface area contributed by atoms with Gasteiger partial charge in [0.1, 0.15) is 21.4 Å². The minimum Gasteiger partial charge on any atom is -0.744 e. The van der Waals surface area contributed by atoms with Gasteiger partial charge in [-0.25, -0.2) is 12.8 Å². The Hall–Kier alpha value is -1.45. The van der Waals surface area contributed by atoms with Crippen molar-refractivity contribution in [1.29, 1.82) is 0 Å². The van der Waals surface area contributed by atoms with Crippen molar-refractivity contribution >= 4 is 10.1 Å². The molecule has 0 aliphatic carbocycles. The summed E-state index contributed by atoms with van der Waals surface area (Å²) in [7, 11) is -5.40. The second-order valence-corrected chi connectivity index (χ2v) is 7.78. The molecule has 0 spiro atoms. The van der Waals surface area contributed by atoms with E-state index in [1.54, 1.807) is 0 Å². The van der Waals surface area contributed by atoms with E-state index in [0.717, 1.165) is 0 Å². The Labute approximate surface area is 216 Å². The third-order valence-electron chi connectivity index (χ3n) is 3.91. The predicted octanol–water partition coefficient (Wildman–Crippen LogP) is 3.16. The first kappa shape index (κ1) is 35.5. The van der Waals surface area contributed by atoms with Crippen LogP contribution in [0.15, 0.2) is 40.3 Å². The van der Waals surface area contributed by atoms with Crippen LogP contribution in [0.2, 0.25) is 0 Å².